The standard InChI is InChI=1S/C21H24FN3O7S/c1-21(2,19(23)26)10-13-11-25(16-8-12(24-20(27)28)4-7-17(16)32-13)33(29,30)14-5-6-15(22)18(9-14)31-3/h4-9,13,24H,10-11H2,1-3H3,(H2,23,26)(H,27,28)/t13-/m0/s1. The number of benzene rings is 2. The van der Waals surface area contributed by atoms with E-state index in [2.05, 4.69) is 5.32 Å². The third-order valence-corrected chi connectivity index (χ3v) is 7.03. The van der Waals surface area contributed by atoms with E-state index in [1.54, 1.807) is 13.8 Å². The first kappa shape index (κ1) is 24.1. The molecule has 0 saturated carbocycles. The number of nitrogens with zero attached hydrogens (tertiary/aromatic N) is 1. The maximum absolute atomic E-state index is 13.9. The van der Waals surface area contributed by atoms with E-state index in [1.165, 1.54) is 25.3 Å². The SMILES string of the molecule is COc1cc(S(=O)(=O)N2C[C@H](CC(C)(C)C(N)=O)Oc3ccc(NC(=O)O)cc32)ccc1F. The van der Waals surface area contributed by atoms with Crippen molar-refractivity contribution in [2.75, 3.05) is 23.3 Å². The van der Waals surface area contributed by atoms with Gasteiger partial charge in [0.25, 0.3) is 10.0 Å². The van der Waals surface area contributed by atoms with E-state index in [9.17, 15) is 22.4 Å². The van der Waals surface area contributed by atoms with Gasteiger partial charge in [-0.15, -0.1) is 0 Å². The Balaban J connectivity index is 2.10. The largest absolute Gasteiger partial charge is 0.494 e. The highest BCUT2D eigenvalue weighted by molar-refractivity contribution is 7.92. The lowest BCUT2D eigenvalue weighted by molar-refractivity contribution is -0.127. The van der Waals surface area contributed by atoms with Crippen molar-refractivity contribution in [2.24, 2.45) is 11.1 Å². The van der Waals surface area contributed by atoms with Gasteiger partial charge in [-0.05, 0) is 36.8 Å². The molecule has 3 rings (SSSR count). The smallest absolute Gasteiger partial charge is 0.409 e. The predicted molar refractivity (Wildman–Crippen MR) is 118 cm³/mol. The Labute approximate surface area is 190 Å². The van der Waals surface area contributed by atoms with Gasteiger partial charge < -0.3 is 20.3 Å². The number of methoxy groups -OCH3 is 1. The third kappa shape index (κ3) is 4.95. The number of amides is 2. The number of nitrogens with one attached hydrogen (secondary N) is 1. The first-order valence-electron chi connectivity index (χ1n) is 9.82. The zero-order chi connectivity index (χ0) is 24.6. The van der Waals surface area contributed by atoms with Crippen molar-refractivity contribution >= 4 is 33.4 Å². The van der Waals surface area contributed by atoms with Gasteiger partial charge in [0.1, 0.15) is 11.9 Å². The lowest BCUT2D eigenvalue weighted by atomic mass is 9.85. The molecule has 1 aliphatic heterocycles. The van der Waals surface area contributed by atoms with Gasteiger partial charge in [0.2, 0.25) is 5.91 Å². The number of carboxylic acid groups (broad SMARTS) is 1. The molecule has 178 valence electrons. The Morgan fingerprint density at radius 2 is 2.00 bits per heavy atom. The number of nitrogens with two attached hydrogens (primary N) is 1. The lowest BCUT2D eigenvalue weighted by Crippen LogP contribution is -2.47. The molecule has 2 amide bonds. The maximum atomic E-state index is 13.9. The Bertz CT molecular complexity index is 1200. The van der Waals surface area contributed by atoms with Crippen LogP contribution in [0.5, 0.6) is 11.5 Å². The molecule has 0 bridgehead atoms. The van der Waals surface area contributed by atoms with Gasteiger partial charge in [0.15, 0.2) is 11.6 Å². The lowest BCUT2D eigenvalue weighted by Gasteiger charge is -2.38. The number of rotatable bonds is 7. The molecule has 0 radical (unpaired) electrons. The van der Waals surface area contributed by atoms with Crippen molar-refractivity contribution in [3.8, 4) is 11.5 Å². The molecule has 2 aromatic rings. The number of sulfonamides is 1. The van der Waals surface area contributed by atoms with E-state index in [0.29, 0.717) is 0 Å². The first-order valence-corrected chi connectivity index (χ1v) is 11.3. The summed E-state index contributed by atoms with van der Waals surface area (Å²) in [6, 6.07) is 7.30. The van der Waals surface area contributed by atoms with Gasteiger partial charge >= 0.3 is 6.09 Å². The predicted octanol–water partition coefficient (Wildman–Crippen LogP) is 2.78. The van der Waals surface area contributed by atoms with Crippen LogP contribution in [-0.2, 0) is 14.8 Å². The number of ether oxygens (including phenoxy) is 2. The minimum atomic E-state index is -4.26. The number of anilines is 2. The van der Waals surface area contributed by atoms with Crippen molar-refractivity contribution in [1.82, 2.24) is 0 Å². The topological polar surface area (TPSA) is 148 Å². The second-order valence-corrected chi connectivity index (χ2v) is 10.00. The summed E-state index contributed by atoms with van der Waals surface area (Å²) in [4.78, 5) is 22.6. The monoisotopic (exact) mass is 481 g/mol. The fourth-order valence-corrected chi connectivity index (χ4v) is 4.96. The molecule has 2 aromatic carbocycles. The molecule has 33 heavy (non-hydrogen) atoms. The average Bonchev–Trinajstić information content (AvgIpc) is 2.72. The van der Waals surface area contributed by atoms with Gasteiger partial charge in [-0.25, -0.2) is 17.6 Å². The van der Waals surface area contributed by atoms with Gasteiger partial charge in [-0.1, -0.05) is 13.8 Å². The van der Waals surface area contributed by atoms with Gasteiger partial charge in [0, 0.05) is 17.2 Å². The normalized spacial score (nSPS) is 15.9. The molecular formula is C21H24FN3O7S. The van der Waals surface area contributed by atoms with Crippen LogP contribution in [0.15, 0.2) is 41.3 Å². The summed E-state index contributed by atoms with van der Waals surface area (Å²) in [5.41, 5.74) is 4.69. The minimum Gasteiger partial charge on any atom is -0.494 e. The quantitative estimate of drug-likeness (QED) is 0.551. The molecule has 0 unspecified atom stereocenters. The summed E-state index contributed by atoms with van der Waals surface area (Å²) in [5, 5.41) is 11.2. The number of carbonyl (C=O) groups is 2. The fourth-order valence-electron chi connectivity index (χ4n) is 3.44. The zero-order valence-electron chi connectivity index (χ0n) is 18.2. The number of carbonyl (C=O) groups excluding carboxylic acids is 1. The molecule has 1 aliphatic rings. The molecule has 0 saturated heterocycles. The second-order valence-electron chi connectivity index (χ2n) is 8.14. The number of primary amides is 1. The van der Waals surface area contributed by atoms with Crippen molar-refractivity contribution in [1.29, 1.82) is 0 Å². The Morgan fingerprint density at radius 1 is 1.30 bits per heavy atom. The van der Waals surface area contributed by atoms with Gasteiger partial charge in [0.05, 0.1) is 24.2 Å². The van der Waals surface area contributed by atoms with E-state index in [1.807, 2.05) is 0 Å². The Hall–Kier alpha value is -3.54. The number of hydrogen-bond donors (Lipinski definition) is 3. The second kappa shape index (κ2) is 8.77. The summed E-state index contributed by atoms with van der Waals surface area (Å²) < 4.78 is 52.9. The summed E-state index contributed by atoms with van der Waals surface area (Å²) >= 11 is 0. The van der Waals surface area contributed by atoms with Crippen LogP contribution in [-0.4, -0.2) is 45.3 Å². The van der Waals surface area contributed by atoms with Gasteiger partial charge in [-0.2, -0.15) is 0 Å². The highest BCUT2D eigenvalue weighted by atomic mass is 32.2. The van der Waals surface area contributed by atoms with Crippen LogP contribution in [0.1, 0.15) is 20.3 Å². The molecule has 0 fully saturated rings. The van der Waals surface area contributed by atoms with Crippen molar-refractivity contribution in [3.63, 3.8) is 0 Å². The van der Waals surface area contributed by atoms with Crippen LogP contribution in [0.2, 0.25) is 0 Å². The molecule has 0 aromatic heterocycles. The highest BCUT2D eigenvalue weighted by Gasteiger charge is 2.39. The van der Waals surface area contributed by atoms with Crippen molar-refractivity contribution in [2.45, 2.75) is 31.3 Å². The molecule has 1 atom stereocenters. The number of fused-ring (bicyclic) bond motifs is 1. The summed E-state index contributed by atoms with van der Waals surface area (Å²) in [5.74, 6) is -1.39. The Kier molecular flexibility index (Phi) is 6.41. The molecule has 1 heterocycles. The highest BCUT2D eigenvalue weighted by Crippen LogP contribution is 2.41. The minimum absolute atomic E-state index is 0.0812. The van der Waals surface area contributed by atoms with E-state index >= 15 is 0 Å². The number of hydrogen-bond acceptors (Lipinski definition) is 6. The van der Waals surface area contributed by atoms with Gasteiger partial charge in [-0.3, -0.25) is 14.4 Å². The summed E-state index contributed by atoms with van der Waals surface area (Å²) in [6.07, 6.45) is -1.95. The Morgan fingerprint density at radius 3 is 2.61 bits per heavy atom. The molecular weight excluding hydrogens is 457 g/mol. The summed E-state index contributed by atoms with van der Waals surface area (Å²) in [6.45, 7) is 3.05. The molecule has 10 nitrogen and oxygen atoms in total. The zero-order valence-corrected chi connectivity index (χ0v) is 19.0. The van der Waals surface area contributed by atoms with E-state index < -0.39 is 39.4 Å². The van der Waals surface area contributed by atoms with Crippen LogP contribution in [0.3, 0.4) is 0 Å². The molecule has 4 N–H and O–H groups in total. The van der Waals surface area contributed by atoms with E-state index in [0.717, 1.165) is 22.5 Å². The van der Waals surface area contributed by atoms with E-state index in [4.69, 9.17) is 20.3 Å². The van der Waals surface area contributed by atoms with Crippen LogP contribution >= 0.6 is 0 Å². The summed E-state index contributed by atoms with van der Waals surface area (Å²) in [7, 11) is -3.05. The average molecular weight is 482 g/mol. The fraction of sp³-hybridized carbons (Fsp3) is 0.333. The van der Waals surface area contributed by atoms with Crippen LogP contribution in [0.4, 0.5) is 20.6 Å². The number of halogens is 1. The molecule has 12 heteroatoms. The van der Waals surface area contributed by atoms with Crippen LogP contribution < -0.4 is 24.8 Å². The molecule has 0 spiro atoms. The maximum Gasteiger partial charge on any atom is 0.409 e. The van der Waals surface area contributed by atoms with Crippen LogP contribution in [0, 0.1) is 11.2 Å². The van der Waals surface area contributed by atoms with Crippen LogP contribution in [0.25, 0.3) is 0 Å². The first-order chi connectivity index (χ1) is 15.3. The van der Waals surface area contributed by atoms with Crippen molar-refractivity contribution in [3.05, 3.63) is 42.2 Å². The molecule has 0 aliphatic carbocycles. The third-order valence-electron chi connectivity index (χ3n) is 5.26. The van der Waals surface area contributed by atoms with E-state index in [-0.39, 0.29) is 40.7 Å². The van der Waals surface area contributed by atoms with Crippen molar-refractivity contribution < 1.29 is 37.0 Å².